The van der Waals surface area contributed by atoms with E-state index < -0.39 is 5.97 Å². The maximum Gasteiger partial charge on any atom is 0.337 e. The van der Waals surface area contributed by atoms with Crippen LogP contribution in [0.2, 0.25) is 5.02 Å². The quantitative estimate of drug-likeness (QED) is 0.928. The van der Waals surface area contributed by atoms with Crippen molar-refractivity contribution in [1.82, 2.24) is 14.6 Å². The Labute approximate surface area is 114 Å². The third-order valence-electron chi connectivity index (χ3n) is 3.21. The average Bonchev–Trinajstić information content (AvgIpc) is 3.00. The number of hydrogen-bond donors (Lipinski definition) is 1. The molecule has 0 amide bonds. The van der Waals surface area contributed by atoms with E-state index in [9.17, 15) is 4.79 Å². The van der Waals surface area contributed by atoms with Gasteiger partial charge < -0.3 is 9.84 Å². The molecule has 1 aliphatic heterocycles. The molecule has 7 heteroatoms. The van der Waals surface area contributed by atoms with Crippen LogP contribution in [-0.4, -0.2) is 38.4 Å². The minimum absolute atomic E-state index is 0.117. The smallest absolute Gasteiger partial charge is 0.337 e. The summed E-state index contributed by atoms with van der Waals surface area (Å²) in [6.07, 6.45) is 4.26. The van der Waals surface area contributed by atoms with Crippen LogP contribution in [-0.2, 0) is 11.2 Å². The maximum atomic E-state index is 11.0. The lowest BCUT2D eigenvalue weighted by atomic mass is 10.2. The average molecular weight is 282 g/mol. The number of nitrogens with zero attached hydrogens (tertiary/aromatic N) is 3. The molecule has 1 aliphatic rings. The van der Waals surface area contributed by atoms with Gasteiger partial charge in [0.25, 0.3) is 0 Å². The number of rotatable bonds is 3. The number of carboxylic acid groups (broad SMARTS) is 1. The van der Waals surface area contributed by atoms with Crippen LogP contribution in [0.1, 0.15) is 29.0 Å². The van der Waals surface area contributed by atoms with Crippen molar-refractivity contribution in [2.24, 2.45) is 0 Å². The highest BCUT2D eigenvalue weighted by atomic mass is 35.5. The van der Waals surface area contributed by atoms with E-state index in [-0.39, 0.29) is 16.7 Å². The van der Waals surface area contributed by atoms with Crippen LogP contribution in [0.5, 0.6) is 0 Å². The predicted octanol–water partition coefficient (Wildman–Crippen LogP) is 1.80. The van der Waals surface area contributed by atoms with E-state index in [1.54, 1.807) is 4.40 Å². The first-order chi connectivity index (χ1) is 9.15. The highest BCUT2D eigenvalue weighted by Crippen LogP contribution is 2.21. The van der Waals surface area contributed by atoms with Gasteiger partial charge in [-0.15, -0.1) is 10.2 Å². The Bertz CT molecular complexity index is 634. The number of pyridine rings is 1. The molecule has 0 spiro atoms. The Hall–Kier alpha value is -1.66. The van der Waals surface area contributed by atoms with Crippen molar-refractivity contribution in [2.45, 2.75) is 25.4 Å². The second kappa shape index (κ2) is 4.79. The highest BCUT2D eigenvalue weighted by molar-refractivity contribution is 6.33. The Kier molecular flexibility index (Phi) is 3.12. The van der Waals surface area contributed by atoms with Crippen LogP contribution in [0.4, 0.5) is 0 Å². The van der Waals surface area contributed by atoms with Crippen LogP contribution in [0.15, 0.2) is 12.3 Å². The molecule has 3 heterocycles. The molecule has 2 aromatic heterocycles. The molecule has 3 rings (SSSR count). The minimum Gasteiger partial charge on any atom is -0.478 e. The van der Waals surface area contributed by atoms with Crippen LogP contribution < -0.4 is 0 Å². The van der Waals surface area contributed by atoms with Gasteiger partial charge in [0.15, 0.2) is 5.65 Å². The molecule has 19 heavy (non-hydrogen) atoms. The van der Waals surface area contributed by atoms with E-state index in [2.05, 4.69) is 10.2 Å². The zero-order valence-electron chi connectivity index (χ0n) is 10.0. The largest absolute Gasteiger partial charge is 0.478 e. The van der Waals surface area contributed by atoms with Gasteiger partial charge in [-0.25, -0.2) is 4.79 Å². The molecule has 1 fully saturated rings. The minimum atomic E-state index is -1.03. The van der Waals surface area contributed by atoms with Gasteiger partial charge in [0, 0.05) is 19.2 Å². The van der Waals surface area contributed by atoms with Gasteiger partial charge >= 0.3 is 5.97 Å². The molecule has 2 aromatic rings. The third kappa shape index (κ3) is 2.29. The zero-order valence-corrected chi connectivity index (χ0v) is 10.8. The summed E-state index contributed by atoms with van der Waals surface area (Å²) in [4.78, 5) is 11.0. The number of carboxylic acids is 1. The van der Waals surface area contributed by atoms with E-state index in [1.807, 2.05) is 0 Å². The van der Waals surface area contributed by atoms with Crippen molar-refractivity contribution in [3.05, 3.63) is 28.7 Å². The van der Waals surface area contributed by atoms with Crippen molar-refractivity contribution in [3.8, 4) is 0 Å². The van der Waals surface area contributed by atoms with E-state index in [0.29, 0.717) is 17.9 Å². The summed E-state index contributed by atoms with van der Waals surface area (Å²) in [5.41, 5.74) is 0.588. The second-order valence-electron chi connectivity index (χ2n) is 4.53. The molecule has 0 radical (unpaired) electrons. The number of hydrogen-bond acceptors (Lipinski definition) is 4. The lowest BCUT2D eigenvalue weighted by molar-refractivity contribution is 0.0696. The first-order valence-corrected chi connectivity index (χ1v) is 6.41. The van der Waals surface area contributed by atoms with Crippen LogP contribution in [0, 0.1) is 0 Å². The Morgan fingerprint density at radius 1 is 1.58 bits per heavy atom. The maximum absolute atomic E-state index is 11.0. The van der Waals surface area contributed by atoms with Gasteiger partial charge in [-0.3, -0.25) is 4.40 Å². The Morgan fingerprint density at radius 3 is 3.11 bits per heavy atom. The Morgan fingerprint density at radius 2 is 2.42 bits per heavy atom. The molecule has 1 N–H and O–H groups in total. The number of fused-ring (bicyclic) bond motifs is 1. The number of carbonyl (C=O) groups is 1. The molecule has 1 atom stereocenters. The number of aromatic carboxylic acids is 1. The van der Waals surface area contributed by atoms with Gasteiger partial charge in [-0.1, -0.05) is 11.6 Å². The molecule has 100 valence electrons. The number of halogens is 1. The number of aromatic nitrogens is 3. The standard InChI is InChI=1S/C12H12ClN3O3/c13-9-4-7(12(17)18)6-16-10(14-15-11(9)16)5-8-2-1-3-19-8/h4,6,8H,1-3,5H2,(H,17,18). The van der Waals surface area contributed by atoms with Crippen molar-refractivity contribution >= 4 is 23.2 Å². The summed E-state index contributed by atoms with van der Waals surface area (Å²) in [5, 5.41) is 17.4. The van der Waals surface area contributed by atoms with Crippen molar-refractivity contribution < 1.29 is 14.6 Å². The summed E-state index contributed by atoms with van der Waals surface area (Å²) < 4.78 is 7.19. The molecule has 0 aromatic carbocycles. The van der Waals surface area contributed by atoms with E-state index >= 15 is 0 Å². The monoisotopic (exact) mass is 281 g/mol. The van der Waals surface area contributed by atoms with E-state index in [4.69, 9.17) is 21.4 Å². The molecule has 0 saturated carbocycles. The van der Waals surface area contributed by atoms with E-state index in [1.165, 1.54) is 12.3 Å². The number of ether oxygens (including phenoxy) is 1. The molecule has 1 unspecified atom stereocenters. The van der Waals surface area contributed by atoms with Gasteiger partial charge in [0.1, 0.15) is 5.82 Å². The summed E-state index contributed by atoms with van der Waals surface area (Å²) >= 11 is 6.02. The fraction of sp³-hybridized carbons (Fsp3) is 0.417. The molecular weight excluding hydrogens is 270 g/mol. The zero-order chi connectivity index (χ0) is 13.4. The topological polar surface area (TPSA) is 76.7 Å². The van der Waals surface area contributed by atoms with Crippen LogP contribution in [0.25, 0.3) is 5.65 Å². The fourth-order valence-electron chi connectivity index (χ4n) is 2.26. The molecular formula is C12H12ClN3O3. The van der Waals surface area contributed by atoms with E-state index in [0.717, 1.165) is 19.4 Å². The van der Waals surface area contributed by atoms with Gasteiger partial charge in [-0.05, 0) is 18.9 Å². The molecule has 6 nitrogen and oxygen atoms in total. The third-order valence-corrected chi connectivity index (χ3v) is 3.49. The predicted molar refractivity (Wildman–Crippen MR) is 67.6 cm³/mol. The van der Waals surface area contributed by atoms with Gasteiger partial charge in [0.05, 0.1) is 16.7 Å². The first-order valence-electron chi connectivity index (χ1n) is 6.03. The normalized spacial score (nSPS) is 19.1. The fourth-order valence-corrected chi connectivity index (χ4v) is 2.51. The molecule has 0 bridgehead atoms. The Balaban J connectivity index is 2.02. The van der Waals surface area contributed by atoms with Gasteiger partial charge in [-0.2, -0.15) is 0 Å². The van der Waals surface area contributed by atoms with Crippen molar-refractivity contribution in [3.63, 3.8) is 0 Å². The lowest BCUT2D eigenvalue weighted by Crippen LogP contribution is -2.12. The SMILES string of the molecule is O=C(O)c1cc(Cl)c2nnc(CC3CCCO3)n2c1. The van der Waals surface area contributed by atoms with Gasteiger partial charge in [0.2, 0.25) is 0 Å². The summed E-state index contributed by atoms with van der Waals surface area (Å²) in [7, 11) is 0. The molecule has 0 aliphatic carbocycles. The second-order valence-corrected chi connectivity index (χ2v) is 4.94. The molecule has 1 saturated heterocycles. The van der Waals surface area contributed by atoms with Crippen molar-refractivity contribution in [2.75, 3.05) is 6.61 Å². The lowest BCUT2D eigenvalue weighted by Gasteiger charge is -2.08. The van der Waals surface area contributed by atoms with Crippen LogP contribution in [0.3, 0.4) is 0 Å². The summed E-state index contributed by atoms with van der Waals surface area (Å²) in [6.45, 7) is 0.766. The summed E-state index contributed by atoms with van der Waals surface area (Å²) in [5.74, 6) is -0.354. The van der Waals surface area contributed by atoms with Crippen molar-refractivity contribution in [1.29, 1.82) is 0 Å². The first kappa shape index (κ1) is 12.4. The summed E-state index contributed by atoms with van der Waals surface area (Å²) in [6, 6.07) is 1.38. The van der Waals surface area contributed by atoms with Crippen LogP contribution >= 0.6 is 11.6 Å². The highest BCUT2D eigenvalue weighted by Gasteiger charge is 2.20.